The van der Waals surface area contributed by atoms with Crippen LogP contribution in [0.1, 0.15) is 36.8 Å². The predicted octanol–water partition coefficient (Wildman–Crippen LogP) is 2.59. The fraction of sp³-hybridized carbons (Fsp3) is 0.500. The average Bonchev–Trinajstić information content (AvgIpc) is 2.33. The molecule has 3 nitrogen and oxygen atoms in total. The van der Waals surface area contributed by atoms with Crippen LogP contribution in [0.15, 0.2) is 23.1 Å². The molecule has 0 radical (unpaired) electrons. The lowest BCUT2D eigenvalue weighted by Crippen LogP contribution is -2.27. The highest BCUT2D eigenvalue weighted by molar-refractivity contribution is 7.92. The first kappa shape index (κ1) is 13.3. The lowest BCUT2D eigenvalue weighted by Gasteiger charge is -2.21. The van der Waals surface area contributed by atoms with Gasteiger partial charge >= 0.3 is 0 Å². The van der Waals surface area contributed by atoms with Crippen LogP contribution in [-0.2, 0) is 14.6 Å². The normalized spacial score (nSPS) is 18.0. The van der Waals surface area contributed by atoms with Gasteiger partial charge in [-0.2, -0.15) is 0 Å². The van der Waals surface area contributed by atoms with Crippen molar-refractivity contribution in [2.75, 3.05) is 0 Å². The number of carbonyl (C=O) groups is 1. The lowest BCUT2D eigenvalue weighted by molar-refractivity contribution is -0.120. The molecular weight excluding hydrogens is 248 g/mol. The summed E-state index contributed by atoms with van der Waals surface area (Å²) in [6, 6.07) is 5.26. The summed E-state index contributed by atoms with van der Waals surface area (Å²) in [5.41, 5.74) is 2.08. The fourth-order valence-electron chi connectivity index (χ4n) is 2.31. The second-order valence-electron chi connectivity index (χ2n) is 5.03. The minimum absolute atomic E-state index is 0.182. The Labute approximate surface area is 108 Å². The molecule has 0 saturated heterocycles. The second-order valence-corrected chi connectivity index (χ2v) is 7.26. The van der Waals surface area contributed by atoms with Crippen LogP contribution < -0.4 is 0 Å². The van der Waals surface area contributed by atoms with Gasteiger partial charge in [0.25, 0.3) is 0 Å². The van der Waals surface area contributed by atoms with Gasteiger partial charge in [-0.05, 0) is 49.9 Å². The molecule has 0 aliphatic heterocycles. The van der Waals surface area contributed by atoms with E-state index in [1.54, 1.807) is 12.1 Å². The van der Waals surface area contributed by atoms with Crippen molar-refractivity contribution < 1.29 is 13.2 Å². The Morgan fingerprint density at radius 1 is 1.06 bits per heavy atom. The van der Waals surface area contributed by atoms with Crippen molar-refractivity contribution in [2.45, 2.75) is 49.7 Å². The van der Waals surface area contributed by atoms with Crippen molar-refractivity contribution in [1.29, 1.82) is 0 Å². The summed E-state index contributed by atoms with van der Waals surface area (Å²) in [6.45, 7) is 3.88. The van der Waals surface area contributed by atoms with E-state index in [9.17, 15) is 13.2 Å². The number of ketones is 1. The Morgan fingerprint density at radius 2 is 1.67 bits per heavy atom. The van der Waals surface area contributed by atoms with Crippen LogP contribution in [0, 0.1) is 13.8 Å². The van der Waals surface area contributed by atoms with Crippen molar-refractivity contribution in [3.8, 4) is 0 Å². The van der Waals surface area contributed by atoms with Gasteiger partial charge in [0.05, 0.1) is 10.1 Å². The lowest BCUT2D eigenvalue weighted by atomic mass is 9.99. The van der Waals surface area contributed by atoms with Crippen LogP contribution in [0.25, 0.3) is 0 Å². The van der Waals surface area contributed by atoms with E-state index >= 15 is 0 Å². The van der Waals surface area contributed by atoms with E-state index in [0.717, 1.165) is 11.1 Å². The van der Waals surface area contributed by atoms with Crippen molar-refractivity contribution in [1.82, 2.24) is 0 Å². The number of benzene rings is 1. The van der Waals surface area contributed by atoms with Crippen LogP contribution in [0.2, 0.25) is 0 Å². The molecule has 1 aliphatic rings. The van der Waals surface area contributed by atoms with Crippen molar-refractivity contribution in [2.24, 2.45) is 0 Å². The molecule has 0 bridgehead atoms. The third kappa shape index (κ3) is 2.48. The Morgan fingerprint density at radius 3 is 2.22 bits per heavy atom. The molecule has 18 heavy (non-hydrogen) atoms. The summed E-state index contributed by atoms with van der Waals surface area (Å²) in [7, 11) is -3.28. The van der Waals surface area contributed by atoms with Crippen molar-refractivity contribution in [3.05, 3.63) is 29.3 Å². The van der Waals surface area contributed by atoms with Gasteiger partial charge in [0.2, 0.25) is 0 Å². The van der Waals surface area contributed by atoms with Gasteiger partial charge in [-0.25, -0.2) is 8.42 Å². The first-order valence-electron chi connectivity index (χ1n) is 6.24. The Hall–Kier alpha value is -1.16. The van der Waals surface area contributed by atoms with Gasteiger partial charge < -0.3 is 0 Å². The Balaban J connectivity index is 2.30. The van der Waals surface area contributed by atoms with Gasteiger partial charge in [-0.3, -0.25) is 4.79 Å². The third-order valence-electron chi connectivity index (χ3n) is 3.74. The number of rotatable bonds is 2. The summed E-state index contributed by atoms with van der Waals surface area (Å²) in [5, 5.41) is -0.391. The van der Waals surface area contributed by atoms with Crippen LogP contribution in [0.3, 0.4) is 0 Å². The molecule has 1 fully saturated rings. The monoisotopic (exact) mass is 266 g/mol. The molecular formula is C14H18O3S. The van der Waals surface area contributed by atoms with Crippen LogP contribution in [0.4, 0.5) is 0 Å². The van der Waals surface area contributed by atoms with E-state index in [0.29, 0.717) is 30.6 Å². The van der Waals surface area contributed by atoms with E-state index in [-0.39, 0.29) is 5.78 Å². The summed E-state index contributed by atoms with van der Waals surface area (Å²) in [4.78, 5) is 11.6. The number of hydrogen-bond donors (Lipinski definition) is 0. The Bertz CT molecular complexity index is 563. The molecule has 1 aliphatic carbocycles. The SMILES string of the molecule is Cc1ccc(S(=O)(=O)C2CCC(=O)CC2)cc1C. The topological polar surface area (TPSA) is 51.2 Å². The number of hydrogen-bond acceptors (Lipinski definition) is 3. The molecule has 0 heterocycles. The summed E-state index contributed by atoms with van der Waals surface area (Å²) < 4.78 is 24.9. The quantitative estimate of drug-likeness (QED) is 0.826. The highest BCUT2D eigenvalue weighted by Gasteiger charge is 2.31. The van der Waals surface area contributed by atoms with E-state index in [4.69, 9.17) is 0 Å². The first-order valence-corrected chi connectivity index (χ1v) is 7.79. The standard InChI is InChI=1S/C14H18O3S/c1-10-3-6-14(9-11(10)2)18(16,17)13-7-4-12(15)5-8-13/h3,6,9,13H,4-5,7-8H2,1-2H3. The van der Waals surface area contributed by atoms with Gasteiger partial charge in [0.1, 0.15) is 5.78 Å². The zero-order valence-corrected chi connectivity index (χ0v) is 11.6. The number of Topliss-reactive ketones (excluding diaryl/α,β-unsaturated/α-hetero) is 1. The zero-order chi connectivity index (χ0) is 13.3. The minimum atomic E-state index is -3.28. The third-order valence-corrected chi connectivity index (χ3v) is 6.00. The molecule has 2 rings (SSSR count). The zero-order valence-electron chi connectivity index (χ0n) is 10.8. The average molecular weight is 266 g/mol. The van der Waals surface area contributed by atoms with Crippen LogP contribution in [-0.4, -0.2) is 19.5 Å². The Kier molecular flexibility index (Phi) is 3.57. The maximum Gasteiger partial charge on any atom is 0.181 e. The summed E-state index contributed by atoms with van der Waals surface area (Å²) in [6.07, 6.45) is 1.73. The molecule has 1 aromatic carbocycles. The van der Waals surface area contributed by atoms with Crippen molar-refractivity contribution >= 4 is 15.6 Å². The predicted molar refractivity (Wildman–Crippen MR) is 70.4 cm³/mol. The molecule has 98 valence electrons. The second kappa shape index (κ2) is 4.84. The largest absolute Gasteiger partial charge is 0.300 e. The number of carbonyl (C=O) groups excluding carboxylic acids is 1. The minimum Gasteiger partial charge on any atom is -0.300 e. The molecule has 0 amide bonds. The van der Waals surface area contributed by atoms with E-state index < -0.39 is 15.1 Å². The van der Waals surface area contributed by atoms with Gasteiger partial charge in [0, 0.05) is 12.8 Å². The summed E-state index contributed by atoms with van der Waals surface area (Å²) >= 11 is 0. The molecule has 0 unspecified atom stereocenters. The van der Waals surface area contributed by atoms with Crippen LogP contribution in [0.5, 0.6) is 0 Å². The van der Waals surface area contributed by atoms with E-state index in [2.05, 4.69) is 0 Å². The smallest absolute Gasteiger partial charge is 0.181 e. The number of sulfone groups is 1. The molecule has 1 aromatic rings. The molecule has 0 aromatic heterocycles. The molecule has 0 spiro atoms. The number of aryl methyl sites for hydroxylation is 2. The fourth-order valence-corrected chi connectivity index (χ4v) is 4.15. The van der Waals surface area contributed by atoms with Gasteiger partial charge in [-0.15, -0.1) is 0 Å². The molecule has 1 saturated carbocycles. The molecule has 4 heteroatoms. The maximum atomic E-state index is 12.4. The highest BCUT2D eigenvalue weighted by atomic mass is 32.2. The molecule has 0 atom stereocenters. The van der Waals surface area contributed by atoms with Crippen LogP contribution >= 0.6 is 0 Å². The summed E-state index contributed by atoms with van der Waals surface area (Å²) in [5.74, 6) is 0.182. The first-order chi connectivity index (χ1) is 8.41. The maximum absolute atomic E-state index is 12.4. The highest BCUT2D eigenvalue weighted by Crippen LogP contribution is 2.28. The van der Waals surface area contributed by atoms with E-state index in [1.165, 1.54) is 0 Å². The van der Waals surface area contributed by atoms with Gasteiger partial charge in [-0.1, -0.05) is 6.07 Å². The van der Waals surface area contributed by atoms with Crippen molar-refractivity contribution in [3.63, 3.8) is 0 Å². The van der Waals surface area contributed by atoms with E-state index in [1.807, 2.05) is 19.9 Å². The van der Waals surface area contributed by atoms with Gasteiger partial charge in [0.15, 0.2) is 9.84 Å². The molecule has 0 N–H and O–H groups in total.